The number of rotatable bonds is 2. The fourth-order valence-electron chi connectivity index (χ4n) is 3.13. The predicted molar refractivity (Wildman–Crippen MR) is 85.6 cm³/mol. The summed E-state index contributed by atoms with van der Waals surface area (Å²) in [5.74, 6) is 1.82. The second kappa shape index (κ2) is 5.14. The van der Waals surface area contributed by atoms with Gasteiger partial charge in [-0.05, 0) is 18.2 Å². The van der Waals surface area contributed by atoms with Crippen LogP contribution >= 0.6 is 0 Å². The van der Waals surface area contributed by atoms with E-state index < -0.39 is 0 Å². The van der Waals surface area contributed by atoms with Crippen LogP contribution in [0.4, 0.5) is 5.82 Å². The van der Waals surface area contributed by atoms with Crippen molar-refractivity contribution >= 4 is 27.8 Å². The number of ether oxygens (including phenoxy) is 2. The Kier molecular flexibility index (Phi) is 3.11. The van der Waals surface area contributed by atoms with Crippen LogP contribution < -0.4 is 9.64 Å². The topological polar surface area (TPSA) is 52.4 Å². The minimum atomic E-state index is 0.739. The van der Waals surface area contributed by atoms with E-state index in [2.05, 4.69) is 32.5 Å². The summed E-state index contributed by atoms with van der Waals surface area (Å²) >= 11 is 0. The maximum Gasteiger partial charge on any atom is 0.156 e. The first-order valence-corrected chi connectivity index (χ1v) is 7.39. The maximum atomic E-state index is 5.44. The van der Waals surface area contributed by atoms with Crippen molar-refractivity contribution in [2.75, 3.05) is 38.3 Å². The van der Waals surface area contributed by atoms with Crippen molar-refractivity contribution in [2.45, 2.75) is 0 Å². The number of morpholine rings is 1. The lowest BCUT2D eigenvalue weighted by molar-refractivity contribution is 0.122. The molecule has 0 N–H and O–H groups in total. The average molecular weight is 298 g/mol. The summed E-state index contributed by atoms with van der Waals surface area (Å²) in [6, 6.07) is 6.08. The number of anilines is 1. The van der Waals surface area contributed by atoms with Crippen molar-refractivity contribution in [1.29, 1.82) is 0 Å². The summed E-state index contributed by atoms with van der Waals surface area (Å²) in [7, 11) is 3.74. The van der Waals surface area contributed by atoms with E-state index in [1.54, 1.807) is 13.4 Å². The van der Waals surface area contributed by atoms with Crippen LogP contribution in [0.25, 0.3) is 21.9 Å². The molecular weight excluding hydrogens is 280 g/mol. The molecule has 1 aliphatic heterocycles. The molecule has 6 heteroatoms. The van der Waals surface area contributed by atoms with Crippen molar-refractivity contribution in [3.63, 3.8) is 0 Å². The molecule has 22 heavy (non-hydrogen) atoms. The molecule has 0 aliphatic carbocycles. The van der Waals surface area contributed by atoms with Crippen LogP contribution in [0.3, 0.4) is 0 Å². The van der Waals surface area contributed by atoms with Gasteiger partial charge in [-0.3, -0.25) is 0 Å². The van der Waals surface area contributed by atoms with E-state index in [0.29, 0.717) is 0 Å². The summed E-state index contributed by atoms with van der Waals surface area (Å²) in [4.78, 5) is 11.3. The Hall–Kier alpha value is -2.34. The number of hydrogen-bond acceptors (Lipinski definition) is 5. The first kappa shape index (κ1) is 13.3. The molecule has 1 saturated heterocycles. The van der Waals surface area contributed by atoms with E-state index in [1.165, 1.54) is 0 Å². The molecule has 1 fully saturated rings. The zero-order chi connectivity index (χ0) is 15.1. The average Bonchev–Trinajstić information content (AvgIpc) is 2.88. The van der Waals surface area contributed by atoms with Crippen LogP contribution in [0.1, 0.15) is 0 Å². The number of aromatic nitrogens is 3. The molecule has 0 atom stereocenters. The standard InChI is InChI=1S/C16H18N4O2/c1-19-13-4-3-11(21-2)9-12(13)14-15(19)16(18-10-17-14)20-5-7-22-8-6-20/h3-4,9-10H,5-8H2,1-2H3. The highest BCUT2D eigenvalue weighted by atomic mass is 16.5. The summed E-state index contributed by atoms with van der Waals surface area (Å²) < 4.78 is 13.0. The smallest absolute Gasteiger partial charge is 0.156 e. The van der Waals surface area contributed by atoms with E-state index in [9.17, 15) is 0 Å². The third-order valence-corrected chi connectivity index (χ3v) is 4.27. The first-order chi connectivity index (χ1) is 10.8. The minimum Gasteiger partial charge on any atom is -0.497 e. The number of benzene rings is 1. The molecule has 1 aromatic carbocycles. The number of fused-ring (bicyclic) bond motifs is 3. The predicted octanol–water partition coefficient (Wildman–Crippen LogP) is 1.97. The van der Waals surface area contributed by atoms with E-state index in [4.69, 9.17) is 9.47 Å². The fraction of sp³-hybridized carbons (Fsp3) is 0.375. The minimum absolute atomic E-state index is 0.739. The molecular formula is C16H18N4O2. The van der Waals surface area contributed by atoms with Gasteiger partial charge >= 0.3 is 0 Å². The molecule has 0 bridgehead atoms. The van der Waals surface area contributed by atoms with Gasteiger partial charge in [0.2, 0.25) is 0 Å². The van der Waals surface area contributed by atoms with Crippen molar-refractivity contribution < 1.29 is 9.47 Å². The fourth-order valence-corrected chi connectivity index (χ4v) is 3.13. The second-order valence-electron chi connectivity index (χ2n) is 5.44. The lowest BCUT2D eigenvalue weighted by Crippen LogP contribution is -2.37. The molecule has 2 aromatic heterocycles. The second-order valence-corrected chi connectivity index (χ2v) is 5.44. The van der Waals surface area contributed by atoms with Crippen molar-refractivity contribution in [2.24, 2.45) is 7.05 Å². The normalized spacial score (nSPS) is 15.6. The molecule has 4 rings (SSSR count). The van der Waals surface area contributed by atoms with Gasteiger partial charge in [0.05, 0.1) is 25.8 Å². The Balaban J connectivity index is 1.99. The Morgan fingerprint density at radius 2 is 2.00 bits per heavy atom. The molecule has 3 heterocycles. The Morgan fingerprint density at radius 1 is 1.18 bits per heavy atom. The molecule has 0 amide bonds. The van der Waals surface area contributed by atoms with Crippen LogP contribution in [-0.2, 0) is 11.8 Å². The van der Waals surface area contributed by atoms with Crippen molar-refractivity contribution in [3.8, 4) is 5.75 Å². The summed E-state index contributed by atoms with van der Waals surface area (Å²) in [5.41, 5.74) is 3.16. The van der Waals surface area contributed by atoms with Crippen LogP contribution in [0.5, 0.6) is 5.75 Å². The van der Waals surface area contributed by atoms with Crippen LogP contribution in [0.2, 0.25) is 0 Å². The highest BCUT2D eigenvalue weighted by molar-refractivity contribution is 6.09. The van der Waals surface area contributed by atoms with Gasteiger partial charge in [0, 0.05) is 25.5 Å². The maximum absolute atomic E-state index is 5.44. The Bertz CT molecular complexity index is 837. The summed E-state index contributed by atoms with van der Waals surface area (Å²) in [6.45, 7) is 3.19. The monoisotopic (exact) mass is 298 g/mol. The molecule has 0 spiro atoms. The van der Waals surface area contributed by atoms with Gasteiger partial charge in [0.1, 0.15) is 23.1 Å². The number of aryl methyl sites for hydroxylation is 1. The third kappa shape index (κ3) is 1.91. The van der Waals surface area contributed by atoms with Gasteiger partial charge in [-0.15, -0.1) is 0 Å². The van der Waals surface area contributed by atoms with Crippen molar-refractivity contribution in [3.05, 3.63) is 24.5 Å². The number of hydrogen-bond donors (Lipinski definition) is 0. The number of nitrogens with zero attached hydrogens (tertiary/aromatic N) is 4. The third-order valence-electron chi connectivity index (χ3n) is 4.27. The lowest BCUT2D eigenvalue weighted by Gasteiger charge is -2.28. The zero-order valence-corrected chi connectivity index (χ0v) is 12.7. The highest BCUT2D eigenvalue weighted by Crippen LogP contribution is 2.33. The van der Waals surface area contributed by atoms with E-state index in [-0.39, 0.29) is 0 Å². The van der Waals surface area contributed by atoms with Gasteiger partial charge < -0.3 is 18.9 Å². The van der Waals surface area contributed by atoms with E-state index in [0.717, 1.165) is 59.8 Å². The van der Waals surface area contributed by atoms with Gasteiger partial charge in [-0.25, -0.2) is 9.97 Å². The Morgan fingerprint density at radius 3 is 2.77 bits per heavy atom. The van der Waals surface area contributed by atoms with Gasteiger partial charge in [0.15, 0.2) is 5.82 Å². The molecule has 3 aromatic rings. The van der Waals surface area contributed by atoms with E-state index in [1.807, 2.05) is 12.1 Å². The Labute approximate surface area is 128 Å². The van der Waals surface area contributed by atoms with E-state index >= 15 is 0 Å². The molecule has 0 radical (unpaired) electrons. The van der Waals surface area contributed by atoms with Gasteiger partial charge in [0.25, 0.3) is 0 Å². The lowest BCUT2D eigenvalue weighted by atomic mass is 10.2. The van der Waals surface area contributed by atoms with Crippen LogP contribution in [0.15, 0.2) is 24.5 Å². The summed E-state index contributed by atoms with van der Waals surface area (Å²) in [6.07, 6.45) is 1.64. The van der Waals surface area contributed by atoms with Gasteiger partial charge in [-0.1, -0.05) is 0 Å². The van der Waals surface area contributed by atoms with Crippen LogP contribution in [-0.4, -0.2) is 47.9 Å². The summed E-state index contributed by atoms with van der Waals surface area (Å²) in [5, 5.41) is 1.09. The molecule has 6 nitrogen and oxygen atoms in total. The quantitative estimate of drug-likeness (QED) is 0.724. The molecule has 114 valence electrons. The van der Waals surface area contributed by atoms with Gasteiger partial charge in [-0.2, -0.15) is 0 Å². The molecule has 1 aliphatic rings. The highest BCUT2D eigenvalue weighted by Gasteiger charge is 2.20. The SMILES string of the molecule is COc1ccc2c(c1)c1ncnc(N3CCOCC3)c1n2C. The zero-order valence-electron chi connectivity index (χ0n) is 12.7. The van der Waals surface area contributed by atoms with Crippen LogP contribution in [0, 0.1) is 0 Å². The largest absolute Gasteiger partial charge is 0.497 e. The molecule has 0 unspecified atom stereocenters. The number of methoxy groups -OCH3 is 1. The van der Waals surface area contributed by atoms with Crippen molar-refractivity contribution in [1.82, 2.24) is 14.5 Å². The molecule has 0 saturated carbocycles. The first-order valence-electron chi connectivity index (χ1n) is 7.39.